The molecule has 1 aliphatic heterocycles. The molecule has 1 unspecified atom stereocenters. The number of aromatic nitrogens is 2. The molecule has 0 spiro atoms. The third kappa shape index (κ3) is 4.29. The summed E-state index contributed by atoms with van der Waals surface area (Å²) in [5, 5.41) is 7.43. The van der Waals surface area contributed by atoms with Crippen LogP contribution in [0.2, 0.25) is 0 Å². The molecule has 1 fully saturated rings. The van der Waals surface area contributed by atoms with Gasteiger partial charge in [-0.1, -0.05) is 0 Å². The number of hydrogen-bond donors (Lipinski definition) is 1. The molecule has 0 aliphatic carbocycles. The molecule has 1 N–H and O–H groups in total. The zero-order valence-corrected chi connectivity index (χ0v) is 11.0. The lowest BCUT2D eigenvalue weighted by molar-refractivity contribution is 0.181. The van der Waals surface area contributed by atoms with Gasteiger partial charge in [0, 0.05) is 37.4 Å². The van der Waals surface area contributed by atoms with Gasteiger partial charge in [0.2, 0.25) is 0 Å². The Balaban J connectivity index is 0.00000112. The van der Waals surface area contributed by atoms with Crippen molar-refractivity contribution in [3.63, 3.8) is 0 Å². The van der Waals surface area contributed by atoms with E-state index in [1.807, 2.05) is 17.9 Å². The van der Waals surface area contributed by atoms with E-state index in [1.165, 1.54) is 12.0 Å². The smallest absolute Gasteiger partial charge is 0.0534 e. The molecule has 1 aromatic heterocycles. The van der Waals surface area contributed by atoms with Gasteiger partial charge in [0.05, 0.1) is 12.8 Å². The summed E-state index contributed by atoms with van der Waals surface area (Å²) in [4.78, 5) is 0. The highest BCUT2D eigenvalue weighted by Gasteiger charge is 2.16. The molecule has 4 nitrogen and oxygen atoms in total. The second kappa shape index (κ2) is 7.90. The van der Waals surface area contributed by atoms with Crippen molar-refractivity contribution in [3.05, 3.63) is 18.0 Å². The predicted octanol–water partition coefficient (Wildman–Crippen LogP) is 1.48. The van der Waals surface area contributed by atoms with Gasteiger partial charge in [0.15, 0.2) is 0 Å². The lowest BCUT2D eigenvalue weighted by atomic mass is 10.1. The lowest BCUT2D eigenvalue weighted by Gasteiger charge is -2.06. The number of rotatable bonds is 4. The summed E-state index contributed by atoms with van der Waals surface area (Å²) in [6.45, 7) is 3.68. The Bertz CT molecular complexity index is 287. The minimum absolute atomic E-state index is 0. The van der Waals surface area contributed by atoms with E-state index in [4.69, 9.17) is 4.74 Å². The largest absolute Gasteiger partial charge is 0.381 e. The third-order valence-electron chi connectivity index (χ3n) is 2.54. The number of ether oxygens (including phenoxy) is 1. The number of nitrogens with zero attached hydrogens (tertiary/aromatic N) is 2. The molecular weight excluding hydrogens is 249 g/mol. The molecule has 2 heterocycles. The van der Waals surface area contributed by atoms with E-state index >= 15 is 0 Å². The monoisotopic (exact) mass is 267 g/mol. The van der Waals surface area contributed by atoms with Crippen molar-refractivity contribution in [2.24, 2.45) is 5.92 Å². The Hall–Kier alpha value is -0.290. The highest BCUT2D eigenvalue weighted by atomic mass is 35.5. The summed E-state index contributed by atoms with van der Waals surface area (Å²) in [7, 11) is 1.95. The maximum absolute atomic E-state index is 5.33. The fraction of sp³-hybridized carbons (Fsp3) is 0.700. The van der Waals surface area contributed by atoms with Crippen LogP contribution in [0, 0.1) is 5.92 Å². The number of halogens is 2. The van der Waals surface area contributed by atoms with E-state index in [0.29, 0.717) is 5.92 Å². The molecular formula is C10H19Cl2N3O. The van der Waals surface area contributed by atoms with E-state index in [9.17, 15) is 0 Å². The molecule has 1 atom stereocenters. The predicted molar refractivity (Wildman–Crippen MR) is 68.4 cm³/mol. The molecule has 6 heteroatoms. The summed E-state index contributed by atoms with van der Waals surface area (Å²) in [5.74, 6) is 0.650. The van der Waals surface area contributed by atoms with Crippen molar-refractivity contribution in [2.45, 2.75) is 19.5 Å². The summed E-state index contributed by atoms with van der Waals surface area (Å²) in [5.41, 5.74) is 1.24. The molecule has 16 heavy (non-hydrogen) atoms. The molecule has 1 saturated heterocycles. The summed E-state index contributed by atoms with van der Waals surface area (Å²) >= 11 is 0. The Kier molecular flexibility index (Phi) is 7.76. The average molecular weight is 268 g/mol. The van der Waals surface area contributed by atoms with E-state index in [-0.39, 0.29) is 24.8 Å². The maximum atomic E-state index is 5.33. The first kappa shape index (κ1) is 15.7. The summed E-state index contributed by atoms with van der Waals surface area (Å²) in [6, 6.07) is 0. The standard InChI is InChI=1S/C10H17N3O.2ClH/c1-11-4-10-5-12-13(7-10)6-9-2-3-14-8-9;;/h5,7,9,11H,2-4,6,8H2,1H3;2*1H. The molecule has 2 rings (SSSR count). The zero-order chi connectivity index (χ0) is 9.80. The van der Waals surface area contributed by atoms with Gasteiger partial charge in [0.25, 0.3) is 0 Å². The average Bonchev–Trinajstić information content (AvgIpc) is 2.79. The van der Waals surface area contributed by atoms with Gasteiger partial charge >= 0.3 is 0 Å². The van der Waals surface area contributed by atoms with Crippen molar-refractivity contribution in [1.29, 1.82) is 0 Å². The van der Waals surface area contributed by atoms with Crippen molar-refractivity contribution >= 4 is 24.8 Å². The minimum atomic E-state index is 0. The summed E-state index contributed by atoms with van der Waals surface area (Å²) < 4.78 is 7.35. The van der Waals surface area contributed by atoms with Gasteiger partial charge < -0.3 is 10.1 Å². The van der Waals surface area contributed by atoms with Crippen LogP contribution in [0.5, 0.6) is 0 Å². The fourth-order valence-electron chi connectivity index (χ4n) is 1.79. The minimum Gasteiger partial charge on any atom is -0.381 e. The molecule has 1 aromatic rings. The highest BCUT2D eigenvalue weighted by Crippen LogP contribution is 2.14. The quantitative estimate of drug-likeness (QED) is 0.899. The van der Waals surface area contributed by atoms with E-state index in [0.717, 1.165) is 26.3 Å². The van der Waals surface area contributed by atoms with Gasteiger partial charge in [-0.25, -0.2) is 0 Å². The number of nitrogens with one attached hydrogen (secondary N) is 1. The van der Waals surface area contributed by atoms with Crippen LogP contribution in [0.25, 0.3) is 0 Å². The molecule has 0 radical (unpaired) electrons. The van der Waals surface area contributed by atoms with Crippen LogP contribution in [0.4, 0.5) is 0 Å². The van der Waals surface area contributed by atoms with E-state index < -0.39 is 0 Å². The zero-order valence-electron chi connectivity index (χ0n) is 9.39. The van der Waals surface area contributed by atoms with Crippen molar-refractivity contribution in [1.82, 2.24) is 15.1 Å². The van der Waals surface area contributed by atoms with Crippen LogP contribution in [-0.2, 0) is 17.8 Å². The van der Waals surface area contributed by atoms with Crippen LogP contribution in [-0.4, -0.2) is 30.0 Å². The van der Waals surface area contributed by atoms with Crippen LogP contribution >= 0.6 is 24.8 Å². The first-order valence-electron chi connectivity index (χ1n) is 5.12. The molecule has 0 aromatic carbocycles. The maximum Gasteiger partial charge on any atom is 0.0534 e. The fourth-order valence-corrected chi connectivity index (χ4v) is 1.79. The molecule has 0 saturated carbocycles. The van der Waals surface area contributed by atoms with Crippen molar-refractivity contribution in [3.8, 4) is 0 Å². The first-order valence-corrected chi connectivity index (χ1v) is 5.12. The van der Waals surface area contributed by atoms with Crippen LogP contribution < -0.4 is 5.32 Å². The lowest BCUT2D eigenvalue weighted by Crippen LogP contribution is -2.11. The van der Waals surface area contributed by atoms with Crippen molar-refractivity contribution in [2.75, 3.05) is 20.3 Å². The van der Waals surface area contributed by atoms with Crippen LogP contribution in [0.15, 0.2) is 12.4 Å². The van der Waals surface area contributed by atoms with Crippen molar-refractivity contribution < 1.29 is 4.74 Å². The van der Waals surface area contributed by atoms with Gasteiger partial charge in [0.1, 0.15) is 0 Å². The van der Waals surface area contributed by atoms with Crippen LogP contribution in [0.3, 0.4) is 0 Å². The second-order valence-electron chi connectivity index (χ2n) is 3.83. The highest BCUT2D eigenvalue weighted by molar-refractivity contribution is 5.85. The SMILES string of the molecule is CNCc1cnn(CC2CCOC2)c1.Cl.Cl. The molecule has 1 aliphatic rings. The second-order valence-corrected chi connectivity index (χ2v) is 3.83. The van der Waals surface area contributed by atoms with Gasteiger partial charge in [-0.15, -0.1) is 24.8 Å². The topological polar surface area (TPSA) is 39.1 Å². The van der Waals surface area contributed by atoms with E-state index in [1.54, 1.807) is 0 Å². The Morgan fingerprint density at radius 1 is 1.56 bits per heavy atom. The summed E-state index contributed by atoms with van der Waals surface area (Å²) in [6.07, 6.45) is 5.20. The molecule has 0 amide bonds. The third-order valence-corrected chi connectivity index (χ3v) is 2.54. The Morgan fingerprint density at radius 3 is 3.00 bits per heavy atom. The van der Waals surface area contributed by atoms with E-state index in [2.05, 4.69) is 16.6 Å². The normalized spacial score (nSPS) is 18.9. The first-order chi connectivity index (χ1) is 6.88. The van der Waals surface area contributed by atoms with Crippen LogP contribution in [0.1, 0.15) is 12.0 Å². The molecule has 0 bridgehead atoms. The van der Waals surface area contributed by atoms with Gasteiger partial charge in [-0.05, 0) is 13.5 Å². The molecule has 94 valence electrons. The van der Waals surface area contributed by atoms with Gasteiger partial charge in [-0.2, -0.15) is 5.10 Å². The Labute approximate surface area is 109 Å². The Morgan fingerprint density at radius 2 is 2.38 bits per heavy atom. The van der Waals surface area contributed by atoms with Gasteiger partial charge in [-0.3, -0.25) is 4.68 Å². The number of hydrogen-bond acceptors (Lipinski definition) is 3.